The van der Waals surface area contributed by atoms with Gasteiger partial charge in [-0.15, -0.1) is 0 Å². The fourth-order valence-electron chi connectivity index (χ4n) is 3.35. The first kappa shape index (κ1) is 16.3. The van der Waals surface area contributed by atoms with Gasteiger partial charge in [0.1, 0.15) is 6.04 Å². The summed E-state index contributed by atoms with van der Waals surface area (Å²) in [5, 5.41) is 16.0. The average molecular weight is 377 g/mol. The van der Waals surface area contributed by atoms with Gasteiger partial charge in [0, 0.05) is 29.3 Å². The van der Waals surface area contributed by atoms with Crippen LogP contribution >= 0.6 is 15.9 Å². The Morgan fingerprint density at radius 2 is 2.13 bits per heavy atom. The lowest BCUT2D eigenvalue weighted by molar-refractivity contribution is -0.133. The van der Waals surface area contributed by atoms with Crippen LogP contribution < -0.4 is 10.6 Å². The lowest BCUT2D eigenvalue weighted by Gasteiger charge is -2.24. The molecule has 6 heteroatoms. The van der Waals surface area contributed by atoms with E-state index in [-0.39, 0.29) is 24.0 Å². The van der Waals surface area contributed by atoms with Gasteiger partial charge in [0.05, 0.1) is 12.1 Å². The first-order valence-corrected chi connectivity index (χ1v) is 8.92. The molecule has 0 bridgehead atoms. The van der Waals surface area contributed by atoms with Crippen LogP contribution in [-0.2, 0) is 4.79 Å². The molecule has 1 aromatic rings. The summed E-state index contributed by atoms with van der Waals surface area (Å²) in [6.45, 7) is 1.52. The Balaban J connectivity index is 1.49. The largest absolute Gasteiger partial charge is 0.383 e. The molecule has 3 atom stereocenters. The Bertz CT molecular complexity index is 598. The maximum Gasteiger partial charge on any atom is 0.240 e. The number of rotatable bonds is 4. The predicted octanol–water partition coefficient (Wildman–Crippen LogP) is 2.50. The van der Waals surface area contributed by atoms with E-state index < -0.39 is 0 Å². The average Bonchev–Trinajstić information content (AvgIpc) is 3.23. The van der Waals surface area contributed by atoms with Crippen molar-refractivity contribution in [1.82, 2.24) is 10.2 Å². The van der Waals surface area contributed by atoms with Crippen LogP contribution in [0.15, 0.2) is 28.7 Å². The van der Waals surface area contributed by atoms with Crippen LogP contribution in [0.1, 0.15) is 25.7 Å². The van der Waals surface area contributed by atoms with E-state index in [2.05, 4.69) is 32.6 Å². The van der Waals surface area contributed by atoms with Gasteiger partial charge >= 0.3 is 0 Å². The van der Waals surface area contributed by atoms with E-state index in [1.54, 1.807) is 4.90 Å². The van der Waals surface area contributed by atoms with E-state index in [1.165, 1.54) is 0 Å². The monoisotopic (exact) mass is 376 g/mol. The van der Waals surface area contributed by atoms with E-state index >= 15 is 0 Å². The Morgan fingerprint density at radius 1 is 1.35 bits per heavy atom. The molecule has 0 aromatic heterocycles. The van der Waals surface area contributed by atoms with Crippen LogP contribution in [0.3, 0.4) is 0 Å². The quantitative estimate of drug-likeness (QED) is 0.846. The highest BCUT2D eigenvalue weighted by Gasteiger charge is 2.36. The third-order valence-corrected chi connectivity index (χ3v) is 5.15. The summed E-state index contributed by atoms with van der Waals surface area (Å²) in [5.41, 5.74) is 1.08. The van der Waals surface area contributed by atoms with Crippen LogP contribution in [0.2, 0.25) is 0 Å². The Kier molecular flexibility index (Phi) is 5.19. The van der Waals surface area contributed by atoms with Gasteiger partial charge in [-0.05, 0) is 49.9 Å². The van der Waals surface area contributed by atoms with Gasteiger partial charge in [-0.1, -0.05) is 15.9 Å². The zero-order valence-electron chi connectivity index (χ0n) is 13.0. The third-order valence-electron chi connectivity index (χ3n) is 4.62. The lowest BCUT2D eigenvalue weighted by Crippen LogP contribution is -2.47. The van der Waals surface area contributed by atoms with Crippen molar-refractivity contribution in [3.63, 3.8) is 0 Å². The van der Waals surface area contributed by atoms with E-state index in [9.17, 15) is 4.79 Å². The summed E-state index contributed by atoms with van der Waals surface area (Å²) in [5.74, 6) is 0.0974. The molecule has 23 heavy (non-hydrogen) atoms. The topological polar surface area (TPSA) is 68.2 Å². The van der Waals surface area contributed by atoms with Gasteiger partial charge < -0.3 is 15.5 Å². The second-order valence-corrected chi connectivity index (χ2v) is 7.12. The fourth-order valence-corrected chi connectivity index (χ4v) is 3.61. The zero-order chi connectivity index (χ0) is 16.2. The van der Waals surface area contributed by atoms with Gasteiger partial charge in [0.25, 0.3) is 0 Å². The highest BCUT2D eigenvalue weighted by molar-refractivity contribution is 9.10. The molecule has 3 rings (SSSR count). The molecule has 2 saturated heterocycles. The number of halogens is 1. The number of hydrogen-bond donors (Lipinski definition) is 2. The van der Waals surface area contributed by atoms with E-state index in [4.69, 9.17) is 5.26 Å². The van der Waals surface area contributed by atoms with Gasteiger partial charge in [-0.2, -0.15) is 5.26 Å². The number of carbonyl (C=O) groups excluding carboxylic acids is 1. The number of nitriles is 1. The number of carbonyl (C=O) groups is 1. The van der Waals surface area contributed by atoms with E-state index in [0.717, 1.165) is 48.9 Å². The van der Waals surface area contributed by atoms with Crippen LogP contribution in [0, 0.1) is 11.3 Å². The molecule has 0 saturated carbocycles. The molecule has 122 valence electrons. The molecule has 2 aliphatic heterocycles. The highest BCUT2D eigenvalue weighted by atomic mass is 79.9. The summed E-state index contributed by atoms with van der Waals surface area (Å²) >= 11 is 3.42. The molecule has 1 aromatic carbocycles. The molecular formula is C17H21BrN4O. The van der Waals surface area contributed by atoms with Crippen molar-refractivity contribution >= 4 is 27.5 Å². The molecule has 1 amide bonds. The summed E-state index contributed by atoms with van der Waals surface area (Å²) in [6, 6.07) is 10.2. The molecule has 2 aliphatic rings. The number of amides is 1. The molecule has 0 unspecified atom stereocenters. The molecular weight excluding hydrogens is 356 g/mol. The van der Waals surface area contributed by atoms with E-state index in [1.807, 2.05) is 24.3 Å². The maximum absolute atomic E-state index is 12.6. The van der Waals surface area contributed by atoms with Crippen LogP contribution in [0.5, 0.6) is 0 Å². The van der Waals surface area contributed by atoms with Crippen LogP contribution in [-0.4, -0.2) is 42.0 Å². The molecule has 0 aliphatic carbocycles. The van der Waals surface area contributed by atoms with Crippen LogP contribution in [0.25, 0.3) is 0 Å². The van der Waals surface area contributed by atoms with Crippen LogP contribution in [0.4, 0.5) is 5.69 Å². The fraction of sp³-hybridized carbons (Fsp3) is 0.529. The molecule has 0 radical (unpaired) electrons. The normalized spacial score (nSPS) is 27.0. The van der Waals surface area contributed by atoms with Crippen molar-refractivity contribution in [3.05, 3.63) is 28.7 Å². The second-order valence-electron chi connectivity index (χ2n) is 6.20. The van der Waals surface area contributed by atoms with Crippen molar-refractivity contribution in [3.8, 4) is 6.07 Å². The predicted molar refractivity (Wildman–Crippen MR) is 92.9 cm³/mol. The smallest absolute Gasteiger partial charge is 0.240 e. The van der Waals surface area contributed by atoms with Crippen molar-refractivity contribution < 1.29 is 4.79 Å². The minimum Gasteiger partial charge on any atom is -0.383 e. The van der Waals surface area contributed by atoms with Crippen molar-refractivity contribution in [2.45, 2.75) is 43.8 Å². The van der Waals surface area contributed by atoms with Gasteiger partial charge in [0.2, 0.25) is 5.91 Å². The van der Waals surface area contributed by atoms with Gasteiger partial charge in [-0.25, -0.2) is 0 Å². The minimum absolute atomic E-state index is 0.0974. The summed E-state index contributed by atoms with van der Waals surface area (Å²) in [7, 11) is 0. The SMILES string of the molecule is N#C[C@@H]1CCCN1C(=O)[C@H]1CC[C@H](CNc2ccc(Br)cc2)N1. The molecule has 2 heterocycles. The molecule has 2 N–H and O–H groups in total. The van der Waals surface area contributed by atoms with Gasteiger partial charge in [0.15, 0.2) is 0 Å². The van der Waals surface area contributed by atoms with Gasteiger partial charge in [-0.3, -0.25) is 4.79 Å². The number of anilines is 1. The number of likely N-dealkylation sites (tertiary alicyclic amines) is 1. The standard InChI is InChI=1S/C17H21BrN4O/c18-12-3-5-13(6-4-12)20-11-14-7-8-16(21-14)17(23)22-9-1-2-15(22)10-19/h3-6,14-16,20-21H,1-2,7-9,11H2/t14-,15+,16-/m1/s1. The Morgan fingerprint density at radius 3 is 2.87 bits per heavy atom. The maximum atomic E-state index is 12.6. The van der Waals surface area contributed by atoms with Crippen molar-refractivity contribution in [2.75, 3.05) is 18.4 Å². The third kappa shape index (κ3) is 3.85. The summed E-state index contributed by atoms with van der Waals surface area (Å²) < 4.78 is 1.06. The highest BCUT2D eigenvalue weighted by Crippen LogP contribution is 2.22. The van der Waals surface area contributed by atoms with E-state index in [0.29, 0.717) is 0 Å². The van der Waals surface area contributed by atoms with Crippen molar-refractivity contribution in [2.24, 2.45) is 0 Å². The number of hydrogen-bond acceptors (Lipinski definition) is 4. The molecule has 0 spiro atoms. The first-order chi connectivity index (χ1) is 11.2. The Hall–Kier alpha value is -1.58. The molecule has 2 fully saturated rings. The number of nitrogens with one attached hydrogen (secondary N) is 2. The van der Waals surface area contributed by atoms with Crippen molar-refractivity contribution in [1.29, 1.82) is 5.26 Å². The molecule has 5 nitrogen and oxygen atoms in total. The number of benzene rings is 1. The lowest BCUT2D eigenvalue weighted by atomic mass is 10.1. The zero-order valence-corrected chi connectivity index (χ0v) is 14.6. The summed E-state index contributed by atoms with van der Waals surface area (Å²) in [4.78, 5) is 14.3. The summed E-state index contributed by atoms with van der Waals surface area (Å²) in [6.07, 6.45) is 3.57. The Labute approximate surface area is 145 Å². The first-order valence-electron chi connectivity index (χ1n) is 8.13. The minimum atomic E-state index is -0.232. The number of nitrogens with zero attached hydrogens (tertiary/aromatic N) is 2. The second kappa shape index (κ2) is 7.33.